The summed E-state index contributed by atoms with van der Waals surface area (Å²) in [7, 11) is 0. The lowest BCUT2D eigenvalue weighted by Crippen LogP contribution is -2.28. The average molecular weight is 254 g/mol. The van der Waals surface area contributed by atoms with Crippen molar-refractivity contribution in [3.63, 3.8) is 0 Å². The monoisotopic (exact) mass is 254 g/mol. The fraction of sp³-hybridized carbons (Fsp3) is 0.273. The van der Waals surface area contributed by atoms with Gasteiger partial charge in [0, 0.05) is 12.2 Å². The van der Waals surface area contributed by atoms with Gasteiger partial charge in [0.1, 0.15) is 11.3 Å². The number of anilines is 1. The molecule has 17 heavy (non-hydrogen) atoms. The predicted molar refractivity (Wildman–Crippen MR) is 69.7 cm³/mol. The van der Waals surface area contributed by atoms with E-state index >= 15 is 0 Å². The normalized spacial score (nSPS) is 9.76. The number of rotatable bonds is 3. The molecule has 0 atom stereocenters. The molecule has 0 bridgehead atoms. The third-order valence-corrected chi connectivity index (χ3v) is 2.37. The van der Waals surface area contributed by atoms with Crippen LogP contribution in [0.5, 0.6) is 5.75 Å². The Hall–Kier alpha value is -1.82. The SMILES string of the molecule is CCNC(=S)Nc1cc(C)c(O)c(C(=O)O)c1. The first-order valence-corrected chi connectivity index (χ1v) is 5.48. The first-order valence-electron chi connectivity index (χ1n) is 5.07. The number of thiocarbonyl (C=S) groups is 1. The zero-order valence-corrected chi connectivity index (χ0v) is 10.4. The van der Waals surface area contributed by atoms with Crippen molar-refractivity contribution in [1.29, 1.82) is 0 Å². The molecule has 1 rings (SSSR count). The molecule has 92 valence electrons. The molecule has 0 heterocycles. The number of carboxylic acid groups (broad SMARTS) is 1. The standard InChI is InChI=1S/C11H14N2O3S/c1-3-12-11(17)13-7-4-6(2)9(14)8(5-7)10(15)16/h4-5,14H,3H2,1-2H3,(H,15,16)(H2,12,13,17). The molecule has 0 amide bonds. The molecule has 0 saturated heterocycles. The zero-order chi connectivity index (χ0) is 13.0. The number of aromatic carboxylic acids is 1. The van der Waals surface area contributed by atoms with Gasteiger partial charge in [-0.1, -0.05) is 0 Å². The van der Waals surface area contributed by atoms with Gasteiger partial charge in [0.15, 0.2) is 5.11 Å². The Bertz CT molecular complexity index is 460. The molecule has 1 aromatic carbocycles. The summed E-state index contributed by atoms with van der Waals surface area (Å²) in [4.78, 5) is 10.9. The molecule has 4 N–H and O–H groups in total. The number of phenols is 1. The molecular formula is C11H14N2O3S. The highest BCUT2D eigenvalue weighted by Crippen LogP contribution is 2.26. The summed E-state index contributed by atoms with van der Waals surface area (Å²) < 4.78 is 0. The molecule has 6 heteroatoms. The topological polar surface area (TPSA) is 81.6 Å². The second-order valence-electron chi connectivity index (χ2n) is 3.48. The number of aromatic hydroxyl groups is 1. The fourth-order valence-corrected chi connectivity index (χ4v) is 1.61. The Morgan fingerprint density at radius 1 is 1.47 bits per heavy atom. The summed E-state index contributed by atoms with van der Waals surface area (Å²) >= 11 is 4.99. The van der Waals surface area contributed by atoms with E-state index in [1.807, 2.05) is 6.92 Å². The van der Waals surface area contributed by atoms with Crippen LogP contribution in [0.1, 0.15) is 22.8 Å². The average Bonchev–Trinajstić information content (AvgIpc) is 2.23. The van der Waals surface area contributed by atoms with E-state index in [9.17, 15) is 9.90 Å². The van der Waals surface area contributed by atoms with Crippen molar-refractivity contribution in [2.75, 3.05) is 11.9 Å². The zero-order valence-electron chi connectivity index (χ0n) is 9.57. The van der Waals surface area contributed by atoms with Gasteiger partial charge in [-0.25, -0.2) is 4.79 Å². The second kappa shape index (κ2) is 5.49. The van der Waals surface area contributed by atoms with Crippen molar-refractivity contribution in [3.05, 3.63) is 23.3 Å². The maximum Gasteiger partial charge on any atom is 0.339 e. The third kappa shape index (κ3) is 3.32. The molecule has 0 saturated carbocycles. The van der Waals surface area contributed by atoms with Crippen molar-refractivity contribution in [1.82, 2.24) is 5.32 Å². The lowest BCUT2D eigenvalue weighted by Gasteiger charge is -2.11. The van der Waals surface area contributed by atoms with E-state index in [4.69, 9.17) is 17.3 Å². The van der Waals surface area contributed by atoms with Crippen LogP contribution in [0.3, 0.4) is 0 Å². The van der Waals surface area contributed by atoms with Gasteiger partial charge in [0.25, 0.3) is 0 Å². The van der Waals surface area contributed by atoms with Crippen molar-refractivity contribution >= 4 is 29.0 Å². The van der Waals surface area contributed by atoms with E-state index in [1.165, 1.54) is 6.07 Å². The minimum atomic E-state index is -1.18. The summed E-state index contributed by atoms with van der Waals surface area (Å²) in [5.74, 6) is -1.40. The smallest absolute Gasteiger partial charge is 0.339 e. The number of aryl methyl sites for hydroxylation is 1. The van der Waals surface area contributed by atoms with Crippen LogP contribution in [-0.4, -0.2) is 27.8 Å². The number of hydrogen-bond donors (Lipinski definition) is 4. The van der Waals surface area contributed by atoms with Crippen LogP contribution in [0.4, 0.5) is 5.69 Å². The largest absolute Gasteiger partial charge is 0.507 e. The fourth-order valence-electron chi connectivity index (χ4n) is 1.35. The molecule has 0 aliphatic carbocycles. The van der Waals surface area contributed by atoms with Gasteiger partial charge in [0.05, 0.1) is 0 Å². The van der Waals surface area contributed by atoms with Crippen LogP contribution in [-0.2, 0) is 0 Å². The van der Waals surface area contributed by atoms with Crippen LogP contribution >= 0.6 is 12.2 Å². The van der Waals surface area contributed by atoms with Crippen LogP contribution in [0.15, 0.2) is 12.1 Å². The Kier molecular flexibility index (Phi) is 4.28. The van der Waals surface area contributed by atoms with Crippen molar-refractivity contribution in [2.24, 2.45) is 0 Å². The highest BCUT2D eigenvalue weighted by molar-refractivity contribution is 7.80. The molecule has 0 aromatic heterocycles. The predicted octanol–water partition coefficient (Wildman–Crippen LogP) is 1.71. The molecular weight excluding hydrogens is 240 g/mol. The van der Waals surface area contributed by atoms with E-state index < -0.39 is 5.97 Å². The van der Waals surface area contributed by atoms with Crippen LogP contribution in [0, 0.1) is 6.92 Å². The van der Waals surface area contributed by atoms with Gasteiger partial charge in [-0.15, -0.1) is 0 Å². The number of benzene rings is 1. The first kappa shape index (κ1) is 13.2. The lowest BCUT2D eigenvalue weighted by atomic mass is 10.1. The van der Waals surface area contributed by atoms with Crippen molar-refractivity contribution in [2.45, 2.75) is 13.8 Å². The number of nitrogens with one attached hydrogen (secondary N) is 2. The summed E-state index contributed by atoms with van der Waals surface area (Å²) in [6, 6.07) is 2.97. The van der Waals surface area contributed by atoms with E-state index in [1.54, 1.807) is 13.0 Å². The summed E-state index contributed by atoms with van der Waals surface area (Å²) in [5, 5.41) is 24.6. The molecule has 1 aromatic rings. The highest BCUT2D eigenvalue weighted by atomic mass is 32.1. The summed E-state index contributed by atoms with van der Waals surface area (Å²) in [6.45, 7) is 4.21. The molecule has 0 unspecified atom stereocenters. The van der Waals surface area contributed by atoms with Gasteiger partial charge in [-0.2, -0.15) is 0 Å². The van der Waals surface area contributed by atoms with E-state index in [-0.39, 0.29) is 11.3 Å². The quantitative estimate of drug-likeness (QED) is 0.485. The van der Waals surface area contributed by atoms with Crippen LogP contribution in [0.2, 0.25) is 0 Å². The minimum absolute atomic E-state index is 0.146. The van der Waals surface area contributed by atoms with E-state index in [0.29, 0.717) is 22.9 Å². The lowest BCUT2D eigenvalue weighted by molar-refractivity contribution is 0.0693. The number of hydrogen-bond acceptors (Lipinski definition) is 3. The van der Waals surface area contributed by atoms with Crippen LogP contribution < -0.4 is 10.6 Å². The van der Waals surface area contributed by atoms with Crippen molar-refractivity contribution < 1.29 is 15.0 Å². The van der Waals surface area contributed by atoms with Gasteiger partial charge < -0.3 is 20.8 Å². The van der Waals surface area contributed by atoms with Gasteiger partial charge >= 0.3 is 5.97 Å². The van der Waals surface area contributed by atoms with E-state index in [0.717, 1.165) is 0 Å². The number of carbonyl (C=O) groups is 1. The molecule has 5 nitrogen and oxygen atoms in total. The van der Waals surface area contributed by atoms with Gasteiger partial charge in [0.2, 0.25) is 0 Å². The Balaban J connectivity index is 3.02. The Morgan fingerprint density at radius 2 is 2.12 bits per heavy atom. The molecule has 0 fully saturated rings. The van der Waals surface area contributed by atoms with Gasteiger partial charge in [-0.3, -0.25) is 0 Å². The molecule has 0 radical (unpaired) electrons. The summed E-state index contributed by atoms with van der Waals surface area (Å²) in [5.41, 5.74) is 0.863. The van der Waals surface area contributed by atoms with E-state index in [2.05, 4.69) is 10.6 Å². The highest BCUT2D eigenvalue weighted by Gasteiger charge is 2.13. The summed E-state index contributed by atoms with van der Waals surface area (Å²) in [6.07, 6.45) is 0. The Morgan fingerprint density at radius 3 is 2.65 bits per heavy atom. The third-order valence-electron chi connectivity index (χ3n) is 2.13. The minimum Gasteiger partial charge on any atom is -0.507 e. The molecule has 0 aliphatic rings. The van der Waals surface area contributed by atoms with Crippen LogP contribution in [0.25, 0.3) is 0 Å². The van der Waals surface area contributed by atoms with Crippen molar-refractivity contribution in [3.8, 4) is 5.75 Å². The molecule has 0 spiro atoms. The van der Waals surface area contributed by atoms with Gasteiger partial charge in [-0.05, 0) is 43.8 Å². The maximum atomic E-state index is 10.9. The first-order chi connectivity index (χ1) is 7.95. The number of carboxylic acids is 1. The maximum absolute atomic E-state index is 10.9. The molecule has 0 aliphatic heterocycles. The second-order valence-corrected chi connectivity index (χ2v) is 3.89. The Labute approximate surface area is 104 Å².